The summed E-state index contributed by atoms with van der Waals surface area (Å²) in [5.41, 5.74) is 0.258. The lowest BCUT2D eigenvalue weighted by atomic mass is 10.0. The van der Waals surface area contributed by atoms with Crippen molar-refractivity contribution in [1.82, 2.24) is 15.5 Å². The van der Waals surface area contributed by atoms with Crippen LogP contribution in [0.3, 0.4) is 0 Å². The van der Waals surface area contributed by atoms with E-state index in [4.69, 9.17) is 11.2 Å². The summed E-state index contributed by atoms with van der Waals surface area (Å²) in [4.78, 5) is 38.7. The summed E-state index contributed by atoms with van der Waals surface area (Å²) in [6, 6.07) is 5.60. The van der Waals surface area contributed by atoms with Gasteiger partial charge in [0.25, 0.3) is 5.91 Å². The van der Waals surface area contributed by atoms with E-state index in [2.05, 4.69) is 16.7 Å². The molecule has 8 heteroatoms. The predicted molar refractivity (Wildman–Crippen MR) is 118 cm³/mol. The molecule has 0 heterocycles. The second-order valence-corrected chi connectivity index (χ2v) is 8.40. The number of amides is 3. The Balaban J connectivity index is 3.14. The molecule has 0 aromatic heterocycles. The zero-order chi connectivity index (χ0) is 23.8. The van der Waals surface area contributed by atoms with E-state index in [1.807, 2.05) is 13.8 Å². The molecule has 0 radical (unpaired) electrons. The topological polar surface area (TPSA) is 108 Å². The van der Waals surface area contributed by atoms with Crippen LogP contribution in [-0.2, 0) is 14.3 Å². The minimum absolute atomic E-state index is 0.0624. The van der Waals surface area contributed by atoms with E-state index in [9.17, 15) is 19.5 Å². The normalized spacial score (nSPS) is 12.8. The lowest BCUT2D eigenvalue weighted by Crippen LogP contribution is -2.47. The summed E-state index contributed by atoms with van der Waals surface area (Å²) in [6.45, 7) is 10.2. The van der Waals surface area contributed by atoms with E-state index in [0.717, 1.165) is 17.7 Å². The Labute approximate surface area is 184 Å². The van der Waals surface area contributed by atoms with Crippen LogP contribution < -0.4 is 10.6 Å². The predicted octanol–water partition coefficient (Wildman–Crippen LogP) is 2.99. The molecule has 1 rings (SSSR count). The molecule has 0 aliphatic heterocycles. The van der Waals surface area contributed by atoms with Crippen LogP contribution >= 0.6 is 0 Å². The zero-order valence-corrected chi connectivity index (χ0v) is 19.1. The summed E-state index contributed by atoms with van der Waals surface area (Å²) in [5, 5.41) is 15.1. The fraction of sp³-hybridized carbons (Fsp3) is 0.522. The highest BCUT2D eigenvalue weighted by Crippen LogP contribution is 2.26. The van der Waals surface area contributed by atoms with Gasteiger partial charge in [0.15, 0.2) is 0 Å². The largest absolute Gasteiger partial charge is 0.508 e. The molecule has 0 saturated heterocycles. The lowest BCUT2D eigenvalue weighted by Gasteiger charge is -2.28. The summed E-state index contributed by atoms with van der Waals surface area (Å²) in [5.74, 6) is -1.04. The molecule has 2 atom stereocenters. The molecule has 3 amide bonds. The molecule has 0 aliphatic carbocycles. The van der Waals surface area contributed by atoms with E-state index in [0.29, 0.717) is 11.1 Å². The Morgan fingerprint density at radius 2 is 1.94 bits per heavy atom. The number of aryl methyl sites for hydroxylation is 1. The van der Waals surface area contributed by atoms with E-state index >= 15 is 0 Å². The summed E-state index contributed by atoms with van der Waals surface area (Å²) in [6.07, 6.45) is 6.47. The standard InChI is InChI=1S/C23H33N3O5/c1-8-10-16(4)25-21(29)20(17-11-12-18(27)15(3)13-17)26(9-2)19(28)14-24-22(30)31-23(5,6)7/h2,11-13,16,20,27H,8,10,14H2,1,3-7H3,(H,24,30)(H,25,29). The number of ether oxygens (including phenoxy) is 1. The van der Waals surface area contributed by atoms with Crippen LogP contribution in [-0.4, -0.2) is 46.1 Å². The number of phenols is 1. The number of hydrogen-bond donors (Lipinski definition) is 3. The first kappa shape index (κ1) is 25.8. The average molecular weight is 432 g/mol. The maximum atomic E-state index is 13.1. The summed E-state index contributed by atoms with van der Waals surface area (Å²) >= 11 is 0. The fourth-order valence-corrected chi connectivity index (χ4v) is 2.93. The smallest absolute Gasteiger partial charge is 0.408 e. The van der Waals surface area contributed by atoms with Crippen molar-refractivity contribution in [2.45, 2.75) is 72.1 Å². The molecule has 31 heavy (non-hydrogen) atoms. The van der Waals surface area contributed by atoms with Gasteiger partial charge in [-0.05, 0) is 64.3 Å². The van der Waals surface area contributed by atoms with Gasteiger partial charge in [-0.25, -0.2) is 4.79 Å². The highest BCUT2D eigenvalue weighted by Gasteiger charge is 2.32. The van der Waals surface area contributed by atoms with Crippen molar-refractivity contribution in [2.24, 2.45) is 0 Å². The van der Waals surface area contributed by atoms with Gasteiger partial charge < -0.3 is 20.5 Å². The van der Waals surface area contributed by atoms with Crippen LogP contribution in [0.4, 0.5) is 4.79 Å². The molecule has 0 bridgehead atoms. The van der Waals surface area contributed by atoms with Crippen LogP contribution in [0.5, 0.6) is 5.75 Å². The van der Waals surface area contributed by atoms with Crippen LogP contribution in [0, 0.1) is 19.4 Å². The number of phenolic OH excluding ortho intramolecular Hbond substituents is 1. The number of nitrogens with zero attached hydrogens (tertiary/aromatic N) is 1. The molecule has 0 aliphatic rings. The van der Waals surface area contributed by atoms with Crippen molar-refractivity contribution in [2.75, 3.05) is 6.54 Å². The molecule has 3 N–H and O–H groups in total. The van der Waals surface area contributed by atoms with Crippen molar-refractivity contribution in [1.29, 1.82) is 0 Å². The Bertz CT molecular complexity index is 839. The molecule has 0 spiro atoms. The van der Waals surface area contributed by atoms with E-state index in [-0.39, 0.29) is 11.8 Å². The molecule has 1 aromatic carbocycles. The molecule has 170 valence electrons. The van der Waals surface area contributed by atoms with E-state index < -0.39 is 36.1 Å². The van der Waals surface area contributed by atoms with E-state index in [1.165, 1.54) is 12.1 Å². The first-order valence-electron chi connectivity index (χ1n) is 10.2. The van der Waals surface area contributed by atoms with Crippen molar-refractivity contribution < 1.29 is 24.2 Å². The molecule has 0 saturated carbocycles. The summed E-state index contributed by atoms with van der Waals surface area (Å²) in [7, 11) is 0. The average Bonchev–Trinajstić information content (AvgIpc) is 2.65. The number of carbonyl (C=O) groups excluding carboxylic acids is 3. The lowest BCUT2D eigenvalue weighted by molar-refractivity contribution is -0.136. The molecule has 8 nitrogen and oxygen atoms in total. The molecular formula is C23H33N3O5. The van der Waals surface area contributed by atoms with Crippen molar-refractivity contribution in [3.8, 4) is 18.2 Å². The maximum absolute atomic E-state index is 13.1. The second-order valence-electron chi connectivity index (χ2n) is 8.40. The fourth-order valence-electron chi connectivity index (χ4n) is 2.93. The number of rotatable bonds is 8. The van der Waals surface area contributed by atoms with Gasteiger partial charge >= 0.3 is 6.09 Å². The van der Waals surface area contributed by atoms with Gasteiger partial charge in [-0.15, -0.1) is 0 Å². The molecule has 2 unspecified atom stereocenters. The van der Waals surface area contributed by atoms with Crippen molar-refractivity contribution in [3.05, 3.63) is 29.3 Å². The van der Waals surface area contributed by atoms with Gasteiger partial charge in [-0.2, -0.15) is 0 Å². The second kappa shape index (κ2) is 11.3. The number of benzene rings is 1. The van der Waals surface area contributed by atoms with Crippen LogP contribution in [0.1, 0.15) is 64.6 Å². The number of terminal acetylenes is 1. The van der Waals surface area contributed by atoms with E-state index in [1.54, 1.807) is 33.8 Å². The quantitative estimate of drug-likeness (QED) is 0.433. The van der Waals surface area contributed by atoms with Crippen LogP contribution in [0.15, 0.2) is 18.2 Å². The highest BCUT2D eigenvalue weighted by molar-refractivity contribution is 5.91. The summed E-state index contributed by atoms with van der Waals surface area (Å²) < 4.78 is 5.12. The first-order valence-corrected chi connectivity index (χ1v) is 10.2. The van der Waals surface area contributed by atoms with Gasteiger partial charge in [0.1, 0.15) is 23.9 Å². The van der Waals surface area contributed by atoms with Gasteiger partial charge in [0.05, 0.1) is 0 Å². The monoisotopic (exact) mass is 431 g/mol. The SMILES string of the molecule is C#CN(C(=O)CNC(=O)OC(C)(C)C)C(C(=O)NC(C)CCC)c1ccc(O)c(C)c1. The molecule has 1 aromatic rings. The van der Waals surface area contributed by atoms with Crippen LogP contribution in [0.25, 0.3) is 0 Å². The third-order valence-electron chi connectivity index (χ3n) is 4.34. The first-order chi connectivity index (χ1) is 14.4. The van der Waals surface area contributed by atoms with Gasteiger partial charge in [-0.3, -0.25) is 14.5 Å². The van der Waals surface area contributed by atoms with Gasteiger partial charge in [-0.1, -0.05) is 25.8 Å². The highest BCUT2D eigenvalue weighted by atomic mass is 16.6. The number of alkyl carbamates (subject to hydrolysis) is 1. The third-order valence-corrected chi connectivity index (χ3v) is 4.34. The minimum Gasteiger partial charge on any atom is -0.508 e. The van der Waals surface area contributed by atoms with Gasteiger partial charge in [0.2, 0.25) is 5.91 Å². The molecular weight excluding hydrogens is 398 g/mol. The number of hydrogen-bond acceptors (Lipinski definition) is 5. The minimum atomic E-state index is -1.13. The van der Waals surface area contributed by atoms with Gasteiger partial charge in [0, 0.05) is 12.1 Å². The third kappa shape index (κ3) is 8.21. The number of aromatic hydroxyl groups is 1. The Kier molecular flexibility index (Phi) is 9.38. The zero-order valence-electron chi connectivity index (χ0n) is 19.1. The Hall–Kier alpha value is -3.21. The van der Waals surface area contributed by atoms with Crippen molar-refractivity contribution >= 4 is 17.9 Å². The van der Waals surface area contributed by atoms with Crippen LogP contribution in [0.2, 0.25) is 0 Å². The Morgan fingerprint density at radius 3 is 2.45 bits per heavy atom. The number of carbonyl (C=O) groups is 3. The number of nitrogens with one attached hydrogen (secondary N) is 2. The van der Waals surface area contributed by atoms with Crippen molar-refractivity contribution in [3.63, 3.8) is 0 Å². The Morgan fingerprint density at radius 1 is 1.29 bits per heavy atom. The maximum Gasteiger partial charge on any atom is 0.408 e. The molecule has 0 fully saturated rings.